The first-order chi connectivity index (χ1) is 15.9. The smallest absolute Gasteiger partial charge is 0.417 e. The van der Waals surface area contributed by atoms with Crippen LogP contribution in [0, 0.1) is 0 Å². The van der Waals surface area contributed by atoms with Crippen molar-refractivity contribution in [3.8, 4) is 5.88 Å². The molecule has 0 aliphatic heterocycles. The van der Waals surface area contributed by atoms with E-state index in [4.69, 9.17) is 27.9 Å². The highest BCUT2D eigenvalue weighted by molar-refractivity contribution is 7.92. The van der Waals surface area contributed by atoms with Crippen molar-refractivity contribution >= 4 is 44.6 Å². The summed E-state index contributed by atoms with van der Waals surface area (Å²) in [6.45, 7) is -0.188. The number of aromatic hydroxyl groups is 1. The number of hydrogen-bond acceptors (Lipinski definition) is 7. The second-order valence-corrected chi connectivity index (χ2v) is 9.12. The highest BCUT2D eigenvalue weighted by atomic mass is 35.5. The largest absolute Gasteiger partial charge is 0.493 e. The van der Waals surface area contributed by atoms with E-state index in [9.17, 15) is 26.7 Å². The van der Waals surface area contributed by atoms with Crippen LogP contribution >= 0.6 is 23.2 Å². The first-order valence-corrected chi connectivity index (χ1v) is 11.4. The molecule has 2 heterocycles. The van der Waals surface area contributed by atoms with Gasteiger partial charge in [0, 0.05) is 19.5 Å². The minimum absolute atomic E-state index is 0.00565. The summed E-state index contributed by atoms with van der Waals surface area (Å²) in [5.41, 5.74) is -1.52. The monoisotopic (exact) mass is 534 g/mol. The molecule has 0 aliphatic carbocycles. The molecule has 0 atom stereocenters. The number of hydrogen-bond donors (Lipinski definition) is 2. The molecular formula is C20H15Cl2F3N4O4S. The van der Waals surface area contributed by atoms with Crippen molar-refractivity contribution in [1.29, 1.82) is 0 Å². The molecule has 0 fully saturated rings. The standard InChI is InChI=1S/C20H15Cl2F3N4O4S/c1-33-10-28-17(13-3-2-6-26-19(13)30)18-16(7-11(21)9-27-18)29-34(31,32)12-4-5-15(22)14(8-12)20(23,24)25/h2-9,29H,10H2,1H3,(H,26,30)/b28-17+. The van der Waals surface area contributed by atoms with Gasteiger partial charge in [0.2, 0.25) is 5.88 Å². The fourth-order valence-electron chi connectivity index (χ4n) is 2.80. The molecule has 3 aromatic rings. The Hall–Kier alpha value is -2.93. The molecule has 0 amide bonds. The molecule has 1 aromatic carbocycles. The van der Waals surface area contributed by atoms with Crippen molar-refractivity contribution in [3.63, 3.8) is 0 Å². The molecule has 0 aliphatic rings. The third-order valence-electron chi connectivity index (χ3n) is 4.27. The number of pyridine rings is 2. The minimum atomic E-state index is -4.87. The Morgan fingerprint density at radius 2 is 1.94 bits per heavy atom. The molecule has 2 N–H and O–H groups in total. The number of sulfonamides is 1. The highest BCUT2D eigenvalue weighted by Gasteiger charge is 2.34. The van der Waals surface area contributed by atoms with E-state index in [0.717, 1.165) is 12.1 Å². The third-order valence-corrected chi connectivity index (χ3v) is 6.17. The van der Waals surface area contributed by atoms with Crippen LogP contribution in [0.5, 0.6) is 5.88 Å². The van der Waals surface area contributed by atoms with Crippen LogP contribution in [0.1, 0.15) is 16.8 Å². The summed E-state index contributed by atoms with van der Waals surface area (Å²) < 4.78 is 72.8. The lowest BCUT2D eigenvalue weighted by molar-refractivity contribution is -0.137. The molecule has 14 heteroatoms. The summed E-state index contributed by atoms with van der Waals surface area (Å²) in [6.07, 6.45) is -2.35. The van der Waals surface area contributed by atoms with Crippen molar-refractivity contribution in [2.24, 2.45) is 4.99 Å². The number of ether oxygens (including phenoxy) is 1. The highest BCUT2D eigenvalue weighted by Crippen LogP contribution is 2.36. The number of halogens is 5. The van der Waals surface area contributed by atoms with Gasteiger partial charge < -0.3 is 9.84 Å². The van der Waals surface area contributed by atoms with Crippen molar-refractivity contribution in [2.45, 2.75) is 11.1 Å². The van der Waals surface area contributed by atoms with Crippen LogP contribution in [-0.4, -0.2) is 43.0 Å². The Bertz CT molecular complexity index is 1350. The topological polar surface area (TPSA) is 114 Å². The Morgan fingerprint density at radius 3 is 2.59 bits per heavy atom. The van der Waals surface area contributed by atoms with E-state index in [1.807, 2.05) is 0 Å². The van der Waals surface area contributed by atoms with Gasteiger partial charge in [0.15, 0.2) is 0 Å². The average Bonchev–Trinajstić information content (AvgIpc) is 2.75. The van der Waals surface area contributed by atoms with Crippen LogP contribution in [0.4, 0.5) is 18.9 Å². The lowest BCUT2D eigenvalue weighted by Gasteiger charge is -2.16. The number of rotatable bonds is 7. The van der Waals surface area contributed by atoms with E-state index < -0.39 is 37.6 Å². The second-order valence-electron chi connectivity index (χ2n) is 6.59. The van der Waals surface area contributed by atoms with Crippen molar-refractivity contribution in [2.75, 3.05) is 18.6 Å². The zero-order chi connectivity index (χ0) is 25.1. The predicted molar refractivity (Wildman–Crippen MR) is 120 cm³/mol. The van der Waals surface area contributed by atoms with Gasteiger partial charge in [-0.2, -0.15) is 13.2 Å². The quantitative estimate of drug-likeness (QED) is 0.423. The molecule has 0 saturated heterocycles. The van der Waals surface area contributed by atoms with Gasteiger partial charge in [-0.15, -0.1) is 0 Å². The number of anilines is 1. The molecule has 0 spiro atoms. The molecule has 0 radical (unpaired) electrons. The van der Waals surface area contributed by atoms with Crippen LogP contribution in [0.15, 0.2) is 58.7 Å². The summed E-state index contributed by atoms with van der Waals surface area (Å²) >= 11 is 11.6. The van der Waals surface area contributed by atoms with E-state index in [0.29, 0.717) is 6.07 Å². The molecule has 0 saturated carbocycles. The second kappa shape index (κ2) is 10.1. The molecule has 0 unspecified atom stereocenters. The Morgan fingerprint density at radius 1 is 1.21 bits per heavy atom. The molecule has 8 nitrogen and oxygen atoms in total. The van der Waals surface area contributed by atoms with Gasteiger partial charge in [-0.1, -0.05) is 23.2 Å². The minimum Gasteiger partial charge on any atom is -0.493 e. The van der Waals surface area contributed by atoms with Crippen molar-refractivity contribution in [3.05, 3.63) is 75.7 Å². The lowest BCUT2D eigenvalue weighted by atomic mass is 10.1. The number of alkyl halides is 3. The summed E-state index contributed by atoms with van der Waals surface area (Å²) in [5.74, 6) is -0.421. The summed E-state index contributed by atoms with van der Waals surface area (Å²) in [5, 5.41) is 9.55. The van der Waals surface area contributed by atoms with Gasteiger partial charge in [0.1, 0.15) is 18.1 Å². The molecule has 3 rings (SSSR count). The van der Waals surface area contributed by atoms with Crippen LogP contribution in [0.25, 0.3) is 0 Å². The zero-order valence-corrected chi connectivity index (χ0v) is 19.5. The number of nitrogens with one attached hydrogen (secondary N) is 1. The van der Waals surface area contributed by atoms with Crippen LogP contribution < -0.4 is 4.72 Å². The molecule has 2 aromatic heterocycles. The SMILES string of the molecule is COC/N=C(\c1cccnc1O)c1ncc(Cl)cc1NS(=O)(=O)c1ccc(Cl)c(C(F)(F)F)c1. The zero-order valence-electron chi connectivity index (χ0n) is 17.1. The molecule has 0 bridgehead atoms. The van der Waals surface area contributed by atoms with Crippen molar-refractivity contribution < 1.29 is 31.4 Å². The molecule has 180 valence electrons. The number of aromatic nitrogens is 2. The lowest BCUT2D eigenvalue weighted by Crippen LogP contribution is -2.19. The van der Waals surface area contributed by atoms with E-state index >= 15 is 0 Å². The van der Waals surface area contributed by atoms with Gasteiger partial charge in [-0.3, -0.25) is 14.7 Å². The number of nitrogens with zero attached hydrogens (tertiary/aromatic N) is 3. The predicted octanol–water partition coefficient (Wildman–Crippen LogP) is 4.75. The normalized spacial score (nSPS) is 12.6. The molecule has 34 heavy (non-hydrogen) atoms. The van der Waals surface area contributed by atoms with E-state index in [1.54, 1.807) is 0 Å². The van der Waals surface area contributed by atoms with Crippen LogP contribution in [0.3, 0.4) is 0 Å². The fraction of sp³-hybridized carbons (Fsp3) is 0.150. The van der Waals surface area contributed by atoms with Crippen molar-refractivity contribution in [1.82, 2.24) is 9.97 Å². The van der Waals surface area contributed by atoms with Gasteiger partial charge in [-0.05, 0) is 36.4 Å². The van der Waals surface area contributed by atoms with E-state index in [2.05, 4.69) is 19.7 Å². The number of benzene rings is 1. The first kappa shape index (κ1) is 25.7. The summed E-state index contributed by atoms with van der Waals surface area (Å²) in [7, 11) is -3.21. The average molecular weight is 535 g/mol. The third kappa shape index (κ3) is 5.76. The van der Waals surface area contributed by atoms with Gasteiger partial charge in [-0.25, -0.2) is 13.4 Å². The maximum Gasteiger partial charge on any atom is 0.417 e. The summed E-state index contributed by atoms with van der Waals surface area (Å²) in [6, 6.07) is 6.32. The molecular weight excluding hydrogens is 520 g/mol. The van der Waals surface area contributed by atoms with Crippen LogP contribution in [-0.2, 0) is 20.9 Å². The maximum atomic E-state index is 13.2. The van der Waals surface area contributed by atoms with Crippen LogP contribution in [0.2, 0.25) is 10.0 Å². The van der Waals surface area contributed by atoms with Gasteiger partial charge in [0.05, 0.1) is 31.8 Å². The van der Waals surface area contributed by atoms with Gasteiger partial charge >= 0.3 is 6.18 Å². The maximum absolute atomic E-state index is 13.2. The Balaban J connectivity index is 2.13. The first-order valence-electron chi connectivity index (χ1n) is 9.17. The fourth-order valence-corrected chi connectivity index (χ4v) is 4.26. The number of methoxy groups -OCH3 is 1. The number of aliphatic imine (C=N–C) groups is 1. The summed E-state index contributed by atoms with van der Waals surface area (Å²) in [4.78, 5) is 11.4. The van der Waals surface area contributed by atoms with E-state index in [-0.39, 0.29) is 34.4 Å². The Kier molecular flexibility index (Phi) is 7.66. The van der Waals surface area contributed by atoms with E-state index in [1.165, 1.54) is 37.7 Å². The Labute approximate surface area is 202 Å². The van der Waals surface area contributed by atoms with Gasteiger partial charge in [0.25, 0.3) is 10.0 Å².